The van der Waals surface area contributed by atoms with E-state index in [1.807, 2.05) is 103 Å². The molecule has 0 aliphatic rings. The van der Waals surface area contributed by atoms with Crippen molar-refractivity contribution >= 4 is 51.2 Å². The minimum Gasteiger partial charge on any atom is -0.465 e. The minimum atomic E-state index is -3.44. The Morgan fingerprint density at radius 1 is 0.651 bits per heavy atom. The van der Waals surface area contributed by atoms with Crippen molar-refractivity contribution in [2.45, 2.75) is 44.7 Å². The second-order valence-corrected chi connectivity index (χ2v) is 13.7. The summed E-state index contributed by atoms with van der Waals surface area (Å²) in [5, 5.41) is 4.73. The highest BCUT2D eigenvalue weighted by molar-refractivity contribution is 7.79. The number of methoxy groups -OCH3 is 2. The molecule has 1 atom stereocenters. The maximum absolute atomic E-state index is 15.9. The summed E-state index contributed by atoms with van der Waals surface area (Å²) in [7, 11) is -0.822. The van der Waals surface area contributed by atoms with Gasteiger partial charge in [-0.25, -0.2) is 9.59 Å². The van der Waals surface area contributed by atoms with Crippen LogP contribution in [0.1, 0.15) is 71.0 Å². The van der Waals surface area contributed by atoms with Gasteiger partial charge in [-0.05, 0) is 39.6 Å². The molecule has 5 nitrogen and oxygen atoms in total. The van der Waals surface area contributed by atoms with E-state index in [0.29, 0.717) is 28.0 Å². The van der Waals surface area contributed by atoms with Gasteiger partial charge in [0.1, 0.15) is 7.14 Å². The predicted octanol–water partition coefficient (Wildman–Crippen LogP) is 8.59. The molecule has 5 aromatic rings. The summed E-state index contributed by atoms with van der Waals surface area (Å²) in [6, 6.07) is 32.7. The molecule has 43 heavy (non-hydrogen) atoms. The minimum absolute atomic E-state index is 0.115. The van der Waals surface area contributed by atoms with Crippen LogP contribution < -0.4 is 10.6 Å². The standard InChI is InChI=1S/C37H37O5P/c1-4-5-6-13-22-33(43(40,27-17-9-7-10-18-27)28-19-11-8-12-20-28)32-25-31-29-21-15-14-16-26(29)23-24-30(31)34(36(38)41-2)35(32)37(39)42-3/h7-12,14-21,23-25,33H,4-6,13,22H2,1-3H3. The highest BCUT2D eigenvalue weighted by atomic mass is 31.2. The van der Waals surface area contributed by atoms with E-state index in [2.05, 4.69) is 6.92 Å². The normalized spacial score (nSPS) is 12.3. The third-order valence-corrected chi connectivity index (χ3v) is 11.8. The molecule has 0 fully saturated rings. The molecule has 0 amide bonds. The highest BCUT2D eigenvalue weighted by Gasteiger charge is 2.41. The van der Waals surface area contributed by atoms with Crippen LogP contribution in [0.4, 0.5) is 0 Å². The number of benzene rings is 5. The predicted molar refractivity (Wildman–Crippen MR) is 175 cm³/mol. The number of carbonyl (C=O) groups is 2. The van der Waals surface area contributed by atoms with Gasteiger partial charge in [-0.1, -0.05) is 130 Å². The quantitative estimate of drug-likeness (QED) is 0.0665. The fourth-order valence-electron chi connectivity index (χ4n) is 6.18. The van der Waals surface area contributed by atoms with Crippen molar-refractivity contribution < 1.29 is 23.6 Å². The number of carbonyl (C=O) groups excluding carboxylic acids is 2. The zero-order chi connectivity index (χ0) is 30.4. The van der Waals surface area contributed by atoms with Crippen LogP contribution in [-0.4, -0.2) is 26.2 Å². The Balaban J connectivity index is 1.93. The van der Waals surface area contributed by atoms with Crippen molar-refractivity contribution in [1.29, 1.82) is 0 Å². The molecule has 0 saturated heterocycles. The van der Waals surface area contributed by atoms with Gasteiger partial charge in [0, 0.05) is 16.3 Å². The van der Waals surface area contributed by atoms with E-state index in [1.54, 1.807) is 0 Å². The Morgan fingerprint density at radius 3 is 1.84 bits per heavy atom. The van der Waals surface area contributed by atoms with E-state index < -0.39 is 24.7 Å². The van der Waals surface area contributed by atoms with Crippen molar-refractivity contribution in [3.63, 3.8) is 0 Å². The van der Waals surface area contributed by atoms with E-state index in [0.717, 1.165) is 41.8 Å². The molecular formula is C37H37O5P. The number of rotatable bonds is 11. The van der Waals surface area contributed by atoms with Crippen molar-refractivity contribution in [2.75, 3.05) is 14.2 Å². The van der Waals surface area contributed by atoms with Crippen LogP contribution in [-0.2, 0) is 14.0 Å². The van der Waals surface area contributed by atoms with Crippen LogP contribution in [0.2, 0.25) is 0 Å². The van der Waals surface area contributed by atoms with E-state index >= 15 is 4.57 Å². The average molecular weight is 593 g/mol. The Morgan fingerprint density at radius 2 is 1.23 bits per heavy atom. The third kappa shape index (κ3) is 5.75. The van der Waals surface area contributed by atoms with Crippen LogP contribution >= 0.6 is 7.14 Å². The van der Waals surface area contributed by atoms with E-state index in [-0.39, 0.29) is 11.1 Å². The molecule has 0 aliphatic carbocycles. The van der Waals surface area contributed by atoms with Gasteiger partial charge >= 0.3 is 11.9 Å². The van der Waals surface area contributed by atoms with Gasteiger partial charge < -0.3 is 14.0 Å². The molecule has 5 aromatic carbocycles. The molecule has 220 valence electrons. The molecule has 0 spiro atoms. The molecule has 0 aromatic heterocycles. The van der Waals surface area contributed by atoms with Gasteiger partial charge in [-0.15, -0.1) is 0 Å². The molecule has 0 heterocycles. The van der Waals surface area contributed by atoms with E-state index in [1.165, 1.54) is 14.2 Å². The molecule has 0 radical (unpaired) electrons. The summed E-state index contributed by atoms with van der Waals surface area (Å²) in [5.74, 6) is -1.29. The van der Waals surface area contributed by atoms with Gasteiger partial charge in [0.2, 0.25) is 0 Å². The summed E-state index contributed by atoms with van der Waals surface area (Å²) in [4.78, 5) is 27.3. The number of fused-ring (bicyclic) bond motifs is 3. The maximum Gasteiger partial charge on any atom is 0.339 e. The monoisotopic (exact) mass is 592 g/mol. The molecule has 0 bridgehead atoms. The fourth-order valence-corrected chi connectivity index (χ4v) is 9.57. The van der Waals surface area contributed by atoms with Crippen molar-refractivity contribution in [1.82, 2.24) is 0 Å². The first-order chi connectivity index (χ1) is 20.9. The Hall–Kier alpha value is -4.21. The second kappa shape index (κ2) is 13.4. The van der Waals surface area contributed by atoms with Crippen LogP contribution in [0.5, 0.6) is 0 Å². The Kier molecular flexibility index (Phi) is 9.43. The number of ether oxygens (including phenoxy) is 2. The van der Waals surface area contributed by atoms with Gasteiger partial charge in [0.15, 0.2) is 0 Å². The number of hydrogen-bond acceptors (Lipinski definition) is 5. The average Bonchev–Trinajstić information content (AvgIpc) is 3.07. The first-order valence-electron chi connectivity index (χ1n) is 14.8. The molecule has 1 unspecified atom stereocenters. The van der Waals surface area contributed by atoms with Crippen molar-refractivity contribution in [3.05, 3.63) is 120 Å². The maximum atomic E-state index is 15.9. The molecule has 5 rings (SSSR count). The summed E-state index contributed by atoms with van der Waals surface area (Å²) in [6.45, 7) is 2.16. The molecule has 0 saturated carbocycles. The van der Waals surface area contributed by atoms with E-state index in [9.17, 15) is 9.59 Å². The number of esters is 2. The van der Waals surface area contributed by atoms with Crippen LogP contribution in [0.25, 0.3) is 21.5 Å². The van der Waals surface area contributed by atoms with Gasteiger partial charge in [-0.2, -0.15) is 0 Å². The topological polar surface area (TPSA) is 69.7 Å². The Bertz CT molecular complexity index is 1750. The molecule has 0 N–H and O–H groups in total. The lowest BCUT2D eigenvalue weighted by Gasteiger charge is -2.31. The summed E-state index contributed by atoms with van der Waals surface area (Å²) in [5.41, 5.74) is 0.196. The van der Waals surface area contributed by atoms with Crippen LogP contribution in [0.3, 0.4) is 0 Å². The van der Waals surface area contributed by atoms with Crippen LogP contribution in [0, 0.1) is 0 Å². The lowest BCUT2D eigenvalue weighted by atomic mass is 9.88. The first-order valence-corrected chi connectivity index (χ1v) is 16.6. The zero-order valence-corrected chi connectivity index (χ0v) is 25.8. The van der Waals surface area contributed by atoms with Crippen LogP contribution in [0.15, 0.2) is 103 Å². The summed E-state index contributed by atoms with van der Waals surface area (Å²) >= 11 is 0. The SMILES string of the molecule is CCCCCCC(c1cc2c(ccc3ccccc32)c(C(=O)OC)c1C(=O)OC)P(=O)(c1ccccc1)c1ccccc1. The van der Waals surface area contributed by atoms with Gasteiger partial charge in [-0.3, -0.25) is 0 Å². The molecule has 6 heteroatoms. The summed E-state index contributed by atoms with van der Waals surface area (Å²) < 4.78 is 26.5. The Labute approximate surface area is 253 Å². The number of unbranched alkanes of at least 4 members (excludes halogenated alkanes) is 3. The largest absolute Gasteiger partial charge is 0.465 e. The lowest BCUT2D eigenvalue weighted by Crippen LogP contribution is -2.24. The van der Waals surface area contributed by atoms with Gasteiger partial charge in [0.05, 0.1) is 25.3 Å². The first kappa shape index (κ1) is 30.3. The van der Waals surface area contributed by atoms with Gasteiger partial charge in [0.25, 0.3) is 0 Å². The highest BCUT2D eigenvalue weighted by Crippen LogP contribution is 2.60. The number of hydrogen-bond donors (Lipinski definition) is 0. The smallest absolute Gasteiger partial charge is 0.339 e. The van der Waals surface area contributed by atoms with Crippen molar-refractivity contribution in [3.8, 4) is 0 Å². The summed E-state index contributed by atoms with van der Waals surface area (Å²) in [6.07, 6.45) is 4.44. The van der Waals surface area contributed by atoms with Crippen molar-refractivity contribution in [2.24, 2.45) is 0 Å². The molecular weight excluding hydrogens is 555 g/mol. The fraction of sp³-hybridized carbons (Fsp3) is 0.243. The second-order valence-electron chi connectivity index (χ2n) is 10.8. The lowest BCUT2D eigenvalue weighted by molar-refractivity contribution is 0.0556. The zero-order valence-electron chi connectivity index (χ0n) is 24.9. The molecule has 0 aliphatic heterocycles. The third-order valence-electron chi connectivity index (χ3n) is 8.27. The van der Waals surface area contributed by atoms with E-state index in [4.69, 9.17) is 9.47 Å².